The van der Waals surface area contributed by atoms with Gasteiger partial charge in [-0.1, -0.05) is 107 Å². The molecule has 1 rings (SSSR count). The van der Waals surface area contributed by atoms with Crippen molar-refractivity contribution in [2.24, 2.45) is 23.7 Å². The Labute approximate surface area is 484 Å². The average Bonchev–Trinajstić information content (AvgIpc) is 3.89. The fraction of sp³-hybridized carbons (Fsp3) is 0.831. The van der Waals surface area contributed by atoms with E-state index in [2.05, 4.69) is 54.8 Å². The molecule has 0 aliphatic carbocycles. The molecule has 0 radical (unpaired) electrons. The van der Waals surface area contributed by atoms with E-state index in [4.69, 9.17) is 5.11 Å². The molecule has 22 heteroatoms. The number of hydrogen-bond donors (Lipinski definition) is 11. The summed E-state index contributed by atoms with van der Waals surface area (Å²) < 4.78 is 0. The van der Waals surface area contributed by atoms with Crippen LogP contribution in [0.2, 0.25) is 0 Å². The molecule has 0 aromatic rings. The molecule has 466 valence electrons. The van der Waals surface area contributed by atoms with E-state index in [1.54, 1.807) is 39.5 Å². The predicted octanol–water partition coefficient (Wildman–Crippen LogP) is 3.33. The molecule has 1 aliphatic heterocycles. The number of aliphatic hydroxyl groups is 2. The third-order valence-electron chi connectivity index (χ3n) is 15.5. The van der Waals surface area contributed by atoms with E-state index < -0.39 is 112 Å². The van der Waals surface area contributed by atoms with Crippen molar-refractivity contribution in [2.75, 3.05) is 26.2 Å². The van der Waals surface area contributed by atoms with Gasteiger partial charge in [0.2, 0.25) is 53.2 Å². The fourth-order valence-electron chi connectivity index (χ4n) is 9.51. The van der Waals surface area contributed by atoms with Crippen molar-refractivity contribution in [1.82, 2.24) is 52.8 Å². The zero-order valence-electron chi connectivity index (χ0n) is 52.2. The van der Waals surface area contributed by atoms with Crippen LogP contribution >= 0.6 is 0 Å². The molecular formula is C59H108N10O12. The highest BCUT2D eigenvalue weighted by molar-refractivity contribution is 6.00. The van der Waals surface area contributed by atoms with Gasteiger partial charge in [-0.3, -0.25) is 47.9 Å². The summed E-state index contributed by atoms with van der Waals surface area (Å²) in [4.78, 5) is 139. The Morgan fingerprint density at radius 1 is 0.605 bits per heavy atom. The SMILES string of the molecule is CCCCCCCCC(C)C(=O)N1CCC[C@H]1C(=O)NC(CC(C)CC(O)CC(=O)CC)C(=O)N[C@@H](C)C(=O)NC(C)(C)C(=O)N[C@H](C(=O)N[C@H](C(=O)NC(C)(C)C(=O)NC(C)(C)C(=O)NC(C)CNCCO)[C@@H](C)CC)[C@@H](C)CC. The van der Waals surface area contributed by atoms with Crippen molar-refractivity contribution in [2.45, 2.75) is 266 Å². The van der Waals surface area contributed by atoms with Crippen LogP contribution in [0.25, 0.3) is 0 Å². The first kappa shape index (κ1) is 73.8. The first-order valence-corrected chi connectivity index (χ1v) is 30.0. The maximum absolute atomic E-state index is 14.2. The Kier molecular flexibility index (Phi) is 32.5. The number of nitrogens with zero attached hydrogens (tertiary/aromatic N) is 1. The number of Topliss-reactive ketones (excluding diaryl/α,β-unsaturated/α-hetero) is 1. The number of ketones is 1. The third-order valence-corrected chi connectivity index (χ3v) is 15.5. The summed E-state index contributed by atoms with van der Waals surface area (Å²) in [5.74, 6) is -7.11. The van der Waals surface area contributed by atoms with E-state index in [9.17, 15) is 53.1 Å². The smallest absolute Gasteiger partial charge is 0.246 e. The van der Waals surface area contributed by atoms with Gasteiger partial charge in [-0.2, -0.15) is 0 Å². The number of carbonyl (C=O) groups is 10. The van der Waals surface area contributed by atoms with Crippen molar-refractivity contribution < 1.29 is 58.2 Å². The molecular weight excluding hydrogens is 1040 g/mol. The molecule has 11 N–H and O–H groups in total. The molecule has 1 fully saturated rings. The van der Waals surface area contributed by atoms with Gasteiger partial charge in [-0.25, -0.2) is 0 Å². The Balaban J connectivity index is 3.26. The summed E-state index contributed by atoms with van der Waals surface area (Å²) in [7, 11) is 0. The van der Waals surface area contributed by atoms with Gasteiger partial charge in [-0.05, 0) is 105 Å². The lowest BCUT2D eigenvalue weighted by Gasteiger charge is -2.35. The number of carbonyl (C=O) groups excluding carboxylic acids is 10. The summed E-state index contributed by atoms with van der Waals surface area (Å²) in [6.07, 6.45) is 8.50. The Hall–Kier alpha value is -5.22. The van der Waals surface area contributed by atoms with Crippen molar-refractivity contribution in [3.05, 3.63) is 0 Å². The van der Waals surface area contributed by atoms with Crippen LogP contribution in [0.1, 0.15) is 207 Å². The molecule has 81 heavy (non-hydrogen) atoms. The minimum atomic E-state index is -1.68. The highest BCUT2D eigenvalue weighted by Crippen LogP contribution is 2.24. The highest BCUT2D eigenvalue weighted by Gasteiger charge is 2.42. The quantitative estimate of drug-likeness (QED) is 0.0394. The monoisotopic (exact) mass is 1150 g/mol. The molecule has 5 unspecified atom stereocenters. The average molecular weight is 1150 g/mol. The van der Waals surface area contributed by atoms with Gasteiger partial charge in [0.05, 0.1) is 12.7 Å². The zero-order chi connectivity index (χ0) is 62.0. The van der Waals surface area contributed by atoms with E-state index in [0.29, 0.717) is 51.7 Å². The van der Waals surface area contributed by atoms with Gasteiger partial charge >= 0.3 is 0 Å². The number of aliphatic hydroxyl groups excluding tert-OH is 2. The number of amides is 9. The summed E-state index contributed by atoms with van der Waals surface area (Å²) in [5.41, 5.74) is -4.64. The molecule has 0 bridgehead atoms. The van der Waals surface area contributed by atoms with Crippen LogP contribution in [0.4, 0.5) is 0 Å². The van der Waals surface area contributed by atoms with E-state index in [-0.39, 0.29) is 61.9 Å². The molecule has 0 saturated carbocycles. The lowest BCUT2D eigenvalue weighted by Crippen LogP contribution is -2.66. The van der Waals surface area contributed by atoms with E-state index >= 15 is 0 Å². The normalized spacial score (nSPS) is 17.6. The predicted molar refractivity (Wildman–Crippen MR) is 313 cm³/mol. The van der Waals surface area contributed by atoms with Gasteiger partial charge < -0.3 is 63.0 Å². The van der Waals surface area contributed by atoms with E-state index in [1.165, 1.54) is 54.9 Å². The van der Waals surface area contributed by atoms with Gasteiger partial charge in [0, 0.05) is 44.4 Å². The molecule has 0 spiro atoms. The maximum atomic E-state index is 14.2. The van der Waals surface area contributed by atoms with Gasteiger partial charge in [0.15, 0.2) is 0 Å². The molecule has 9 amide bonds. The highest BCUT2D eigenvalue weighted by atomic mass is 16.3. The second kappa shape index (κ2) is 35.7. The lowest BCUT2D eigenvalue weighted by atomic mass is 9.92. The topological polar surface area (TPSA) is 323 Å². The largest absolute Gasteiger partial charge is 0.395 e. The Morgan fingerprint density at radius 2 is 1.15 bits per heavy atom. The summed E-state index contributed by atoms with van der Waals surface area (Å²) in [5, 5.41) is 44.7. The second-order valence-electron chi connectivity index (χ2n) is 24.6. The fourth-order valence-corrected chi connectivity index (χ4v) is 9.51. The van der Waals surface area contributed by atoms with Crippen LogP contribution < -0.4 is 47.9 Å². The van der Waals surface area contributed by atoms with Crippen LogP contribution in [0, 0.1) is 23.7 Å². The first-order chi connectivity index (χ1) is 37.7. The molecule has 1 aliphatic rings. The van der Waals surface area contributed by atoms with Crippen molar-refractivity contribution >= 4 is 58.9 Å². The lowest BCUT2D eigenvalue weighted by molar-refractivity contribution is -0.142. The van der Waals surface area contributed by atoms with Crippen molar-refractivity contribution in [3.63, 3.8) is 0 Å². The number of nitrogens with one attached hydrogen (secondary N) is 9. The van der Waals surface area contributed by atoms with Crippen LogP contribution in [-0.4, -0.2) is 159 Å². The summed E-state index contributed by atoms with van der Waals surface area (Å²) >= 11 is 0. The molecule has 22 nitrogen and oxygen atoms in total. The molecule has 0 aromatic heterocycles. The molecule has 1 heterocycles. The van der Waals surface area contributed by atoms with E-state index in [1.807, 2.05) is 20.8 Å². The Bertz CT molecular complexity index is 2070. The molecule has 1 saturated heterocycles. The Morgan fingerprint density at radius 3 is 1.73 bits per heavy atom. The summed E-state index contributed by atoms with van der Waals surface area (Å²) in [6, 6.07) is -5.98. The molecule has 0 aromatic carbocycles. The summed E-state index contributed by atoms with van der Waals surface area (Å²) in [6.45, 7) is 27.7. The van der Waals surface area contributed by atoms with Crippen molar-refractivity contribution in [1.29, 1.82) is 0 Å². The number of unbranched alkanes of at least 4 members (excludes halogenated alkanes) is 5. The maximum Gasteiger partial charge on any atom is 0.246 e. The van der Waals surface area contributed by atoms with E-state index in [0.717, 1.165) is 32.1 Å². The number of hydrogen-bond acceptors (Lipinski definition) is 13. The number of rotatable bonds is 39. The first-order valence-electron chi connectivity index (χ1n) is 30.0. The van der Waals surface area contributed by atoms with Gasteiger partial charge in [0.25, 0.3) is 0 Å². The number of likely N-dealkylation sites (tertiary alicyclic amines) is 1. The van der Waals surface area contributed by atoms with Crippen molar-refractivity contribution in [3.8, 4) is 0 Å². The van der Waals surface area contributed by atoms with Crippen LogP contribution in [0.5, 0.6) is 0 Å². The van der Waals surface area contributed by atoms with Gasteiger partial charge in [-0.15, -0.1) is 0 Å². The molecule has 11 atom stereocenters. The van der Waals surface area contributed by atoms with Crippen LogP contribution in [0.3, 0.4) is 0 Å². The minimum Gasteiger partial charge on any atom is -0.395 e. The van der Waals surface area contributed by atoms with Gasteiger partial charge in [0.1, 0.15) is 52.6 Å². The van der Waals surface area contributed by atoms with Crippen LogP contribution in [-0.2, 0) is 47.9 Å². The second-order valence-corrected chi connectivity index (χ2v) is 24.6. The minimum absolute atomic E-state index is 0.0302. The zero-order valence-corrected chi connectivity index (χ0v) is 52.2. The standard InChI is InChI=1S/C59H108N10O12/c1-17-21-22-23-24-25-27-39(8)53(78)69-30-26-28-45(69)50(75)63-44(33-36(5)32-43(72)34-42(71)20-4)49(74)62-41(10)48(73)66-57(11,12)55(80)65-46(37(6)18-2)51(76)64-47(38(7)19-3)52(77)67-59(15,16)56(81)68-58(13,14)54(79)61-40(9)35-60-29-31-70/h36-41,43-47,60,70,72H,17-35H2,1-16H3,(H,61,79)(H,62,74)(H,63,75)(H,64,76)(H,65,80)(H,66,73)(H,67,77)(H,68,81)/t36?,37-,38-,39?,40?,41-,43?,44?,45-,46-,47-/m0/s1. The third kappa shape index (κ3) is 25.4. The van der Waals surface area contributed by atoms with Crippen LogP contribution in [0.15, 0.2) is 0 Å².